The molecule has 0 radical (unpaired) electrons. The van der Waals surface area contributed by atoms with Crippen LogP contribution < -0.4 is 10.9 Å². The standard InChI is InChI=1S/C7H8ClN3O2/c1-13-7(12)11-10-6-4-5(8)2-3-9-6/h2-4H,1H3,(H,9,10)(H,11,12). The average Bonchev–Trinajstić information content (AvgIpc) is 2.14. The second-order valence-electron chi connectivity index (χ2n) is 2.10. The van der Waals surface area contributed by atoms with E-state index < -0.39 is 6.09 Å². The van der Waals surface area contributed by atoms with Gasteiger partial charge in [0.15, 0.2) is 0 Å². The molecule has 1 amide bonds. The normalized spacial score (nSPS) is 9.08. The van der Waals surface area contributed by atoms with Crippen molar-refractivity contribution in [3.8, 4) is 0 Å². The molecule has 1 heterocycles. The van der Waals surface area contributed by atoms with Crippen LogP contribution in [0.5, 0.6) is 0 Å². The number of anilines is 1. The molecule has 13 heavy (non-hydrogen) atoms. The second kappa shape index (κ2) is 4.51. The zero-order chi connectivity index (χ0) is 9.68. The van der Waals surface area contributed by atoms with Crippen molar-refractivity contribution in [1.29, 1.82) is 0 Å². The van der Waals surface area contributed by atoms with Gasteiger partial charge in [-0.1, -0.05) is 11.6 Å². The highest BCUT2D eigenvalue weighted by atomic mass is 35.5. The Bertz CT molecular complexity index is 306. The summed E-state index contributed by atoms with van der Waals surface area (Å²) in [5.74, 6) is 0.443. The number of hydrogen-bond donors (Lipinski definition) is 2. The number of halogens is 1. The third-order valence-corrected chi connectivity index (χ3v) is 1.44. The molecular weight excluding hydrogens is 194 g/mol. The number of carbonyl (C=O) groups is 1. The van der Waals surface area contributed by atoms with E-state index in [0.29, 0.717) is 10.8 Å². The van der Waals surface area contributed by atoms with Crippen LogP contribution in [0.2, 0.25) is 5.02 Å². The number of ether oxygens (including phenoxy) is 1. The van der Waals surface area contributed by atoms with E-state index in [-0.39, 0.29) is 0 Å². The van der Waals surface area contributed by atoms with Gasteiger partial charge in [-0.05, 0) is 6.07 Å². The number of pyridine rings is 1. The van der Waals surface area contributed by atoms with Crippen LogP contribution in [0.1, 0.15) is 0 Å². The zero-order valence-electron chi connectivity index (χ0n) is 6.87. The Morgan fingerprint density at radius 1 is 1.69 bits per heavy atom. The van der Waals surface area contributed by atoms with Gasteiger partial charge in [0, 0.05) is 17.3 Å². The number of carbonyl (C=O) groups excluding carboxylic acids is 1. The molecule has 0 aliphatic carbocycles. The molecule has 1 aromatic heterocycles. The van der Waals surface area contributed by atoms with Crippen molar-refractivity contribution in [3.05, 3.63) is 23.4 Å². The minimum absolute atomic E-state index is 0.443. The quantitative estimate of drug-likeness (QED) is 0.711. The predicted molar refractivity (Wildman–Crippen MR) is 48.4 cm³/mol. The van der Waals surface area contributed by atoms with Crippen molar-refractivity contribution < 1.29 is 9.53 Å². The summed E-state index contributed by atoms with van der Waals surface area (Å²) in [7, 11) is 1.27. The number of amides is 1. The Morgan fingerprint density at radius 2 is 2.46 bits per heavy atom. The number of aromatic nitrogens is 1. The maximum atomic E-state index is 10.6. The number of methoxy groups -OCH3 is 1. The van der Waals surface area contributed by atoms with Gasteiger partial charge < -0.3 is 4.74 Å². The van der Waals surface area contributed by atoms with E-state index in [9.17, 15) is 4.79 Å². The Labute approximate surface area is 80.0 Å². The fourth-order valence-corrected chi connectivity index (χ4v) is 0.799. The van der Waals surface area contributed by atoms with E-state index >= 15 is 0 Å². The first-order valence-electron chi connectivity index (χ1n) is 3.44. The maximum Gasteiger partial charge on any atom is 0.425 e. The van der Waals surface area contributed by atoms with Crippen LogP contribution in [-0.4, -0.2) is 18.2 Å². The van der Waals surface area contributed by atoms with Gasteiger partial charge in [-0.15, -0.1) is 0 Å². The van der Waals surface area contributed by atoms with Gasteiger partial charge in [0.1, 0.15) is 5.82 Å². The molecule has 0 saturated heterocycles. The number of hydrazine groups is 1. The number of nitrogens with zero attached hydrogens (tertiary/aromatic N) is 1. The van der Waals surface area contributed by atoms with Gasteiger partial charge in [-0.25, -0.2) is 15.2 Å². The van der Waals surface area contributed by atoms with Gasteiger partial charge in [0.05, 0.1) is 7.11 Å². The Morgan fingerprint density at radius 3 is 3.08 bits per heavy atom. The third-order valence-electron chi connectivity index (χ3n) is 1.20. The molecule has 0 saturated carbocycles. The fraction of sp³-hybridized carbons (Fsp3) is 0.143. The van der Waals surface area contributed by atoms with Gasteiger partial charge in [-0.2, -0.15) is 0 Å². The van der Waals surface area contributed by atoms with Crippen LogP contribution in [-0.2, 0) is 4.74 Å². The van der Waals surface area contributed by atoms with Crippen molar-refractivity contribution in [2.24, 2.45) is 0 Å². The van der Waals surface area contributed by atoms with Crippen LogP contribution >= 0.6 is 11.6 Å². The lowest BCUT2D eigenvalue weighted by molar-refractivity contribution is 0.173. The molecule has 70 valence electrons. The molecule has 6 heteroatoms. The lowest BCUT2D eigenvalue weighted by Crippen LogP contribution is -2.29. The highest BCUT2D eigenvalue weighted by molar-refractivity contribution is 6.30. The first-order valence-corrected chi connectivity index (χ1v) is 3.81. The largest absolute Gasteiger partial charge is 0.452 e. The summed E-state index contributed by atoms with van der Waals surface area (Å²) in [6, 6.07) is 3.20. The number of nitrogens with one attached hydrogen (secondary N) is 2. The Balaban J connectivity index is 2.50. The molecule has 1 aromatic rings. The Kier molecular flexibility index (Phi) is 3.33. The number of hydrogen-bond acceptors (Lipinski definition) is 4. The predicted octanol–water partition coefficient (Wildman–Crippen LogP) is 1.42. The summed E-state index contributed by atoms with van der Waals surface area (Å²) >= 11 is 5.67. The van der Waals surface area contributed by atoms with Crippen molar-refractivity contribution in [2.75, 3.05) is 12.5 Å². The monoisotopic (exact) mass is 201 g/mol. The molecule has 1 rings (SSSR count). The van der Waals surface area contributed by atoms with E-state index in [2.05, 4.69) is 20.6 Å². The molecule has 0 bridgehead atoms. The molecule has 0 aliphatic rings. The molecule has 0 fully saturated rings. The molecule has 0 aliphatic heterocycles. The zero-order valence-corrected chi connectivity index (χ0v) is 7.63. The van der Waals surface area contributed by atoms with E-state index in [4.69, 9.17) is 11.6 Å². The lowest BCUT2D eigenvalue weighted by atomic mass is 10.5. The fourth-order valence-electron chi connectivity index (χ4n) is 0.639. The summed E-state index contributed by atoms with van der Waals surface area (Å²) in [6.45, 7) is 0. The minimum Gasteiger partial charge on any atom is -0.452 e. The minimum atomic E-state index is -0.596. The van der Waals surface area contributed by atoms with Gasteiger partial charge in [0.25, 0.3) is 0 Å². The van der Waals surface area contributed by atoms with Gasteiger partial charge in [0.2, 0.25) is 0 Å². The van der Waals surface area contributed by atoms with Crippen LogP contribution in [0, 0.1) is 0 Å². The molecular formula is C7H8ClN3O2. The summed E-state index contributed by atoms with van der Waals surface area (Å²) in [5.41, 5.74) is 4.76. The van der Waals surface area contributed by atoms with E-state index in [1.807, 2.05) is 0 Å². The second-order valence-corrected chi connectivity index (χ2v) is 2.54. The highest BCUT2D eigenvalue weighted by Crippen LogP contribution is 2.10. The lowest BCUT2D eigenvalue weighted by Gasteiger charge is -2.05. The third kappa shape index (κ3) is 3.16. The molecule has 5 nitrogen and oxygen atoms in total. The SMILES string of the molecule is COC(=O)NNc1cc(Cl)ccn1. The van der Waals surface area contributed by atoms with Crippen LogP contribution in [0.3, 0.4) is 0 Å². The number of rotatable bonds is 2. The average molecular weight is 202 g/mol. The highest BCUT2D eigenvalue weighted by Gasteiger charge is 1.98. The van der Waals surface area contributed by atoms with Gasteiger partial charge in [-0.3, -0.25) is 5.43 Å². The first kappa shape index (κ1) is 9.60. The smallest absolute Gasteiger partial charge is 0.425 e. The van der Waals surface area contributed by atoms with E-state index in [1.165, 1.54) is 13.3 Å². The van der Waals surface area contributed by atoms with E-state index in [1.54, 1.807) is 12.1 Å². The molecule has 2 N–H and O–H groups in total. The first-order chi connectivity index (χ1) is 6.22. The maximum absolute atomic E-state index is 10.6. The summed E-state index contributed by atoms with van der Waals surface area (Å²) in [5, 5.41) is 0.532. The van der Waals surface area contributed by atoms with Crippen molar-refractivity contribution in [2.45, 2.75) is 0 Å². The summed E-state index contributed by atoms with van der Waals surface area (Å²) < 4.78 is 4.33. The molecule has 0 unspecified atom stereocenters. The topological polar surface area (TPSA) is 63.2 Å². The Hall–Kier alpha value is -1.49. The van der Waals surface area contributed by atoms with Crippen molar-refractivity contribution in [1.82, 2.24) is 10.4 Å². The molecule has 0 spiro atoms. The summed E-state index contributed by atoms with van der Waals surface area (Å²) in [6.07, 6.45) is 0.922. The van der Waals surface area contributed by atoms with Crippen LogP contribution in [0.15, 0.2) is 18.3 Å². The van der Waals surface area contributed by atoms with Crippen molar-refractivity contribution in [3.63, 3.8) is 0 Å². The van der Waals surface area contributed by atoms with E-state index in [0.717, 1.165) is 0 Å². The van der Waals surface area contributed by atoms with Gasteiger partial charge >= 0.3 is 6.09 Å². The molecule has 0 atom stereocenters. The van der Waals surface area contributed by atoms with Crippen LogP contribution in [0.4, 0.5) is 10.6 Å². The van der Waals surface area contributed by atoms with Crippen LogP contribution in [0.25, 0.3) is 0 Å². The summed E-state index contributed by atoms with van der Waals surface area (Å²) in [4.78, 5) is 14.5. The molecule has 0 aromatic carbocycles. The van der Waals surface area contributed by atoms with Crippen molar-refractivity contribution >= 4 is 23.5 Å².